The Morgan fingerprint density at radius 2 is 1.79 bits per heavy atom. The first-order valence-corrected chi connectivity index (χ1v) is 9.43. The molecule has 6 heteroatoms. The van der Waals surface area contributed by atoms with Crippen molar-refractivity contribution in [3.8, 4) is 0 Å². The number of sulfone groups is 1. The van der Waals surface area contributed by atoms with Gasteiger partial charge in [0.15, 0.2) is 15.6 Å². The summed E-state index contributed by atoms with van der Waals surface area (Å²) in [6.45, 7) is 9.11. The molecule has 0 bridgehead atoms. The molecule has 24 heavy (non-hydrogen) atoms. The zero-order valence-corrected chi connectivity index (χ0v) is 15.3. The van der Waals surface area contributed by atoms with Gasteiger partial charge < -0.3 is 5.11 Å². The van der Waals surface area contributed by atoms with Crippen molar-refractivity contribution in [3.05, 3.63) is 52.0 Å². The van der Waals surface area contributed by atoms with Crippen LogP contribution in [0.4, 0.5) is 0 Å². The number of aliphatic hydroxyl groups excluding tert-OH is 1. The first kappa shape index (κ1) is 16.9. The van der Waals surface area contributed by atoms with E-state index in [1.807, 2.05) is 32.9 Å². The van der Waals surface area contributed by atoms with E-state index >= 15 is 0 Å². The number of rotatable bonds is 1. The minimum atomic E-state index is -3.79. The van der Waals surface area contributed by atoms with Crippen molar-refractivity contribution in [3.63, 3.8) is 0 Å². The van der Waals surface area contributed by atoms with Crippen LogP contribution >= 0.6 is 0 Å². The molecule has 1 aromatic heterocycles. The Kier molecular flexibility index (Phi) is 3.71. The average Bonchev–Trinajstić information content (AvgIpc) is 2.48. The van der Waals surface area contributed by atoms with Crippen LogP contribution in [0.25, 0.3) is 5.76 Å². The van der Waals surface area contributed by atoms with Crippen LogP contribution in [0, 0.1) is 11.8 Å². The van der Waals surface area contributed by atoms with Gasteiger partial charge in [-0.15, -0.1) is 0 Å². The Morgan fingerprint density at radius 1 is 1.17 bits per heavy atom. The van der Waals surface area contributed by atoms with Gasteiger partial charge in [-0.3, -0.25) is 4.98 Å². The highest BCUT2D eigenvalue weighted by Crippen LogP contribution is 2.49. The second-order valence-corrected chi connectivity index (χ2v) is 9.58. The summed E-state index contributed by atoms with van der Waals surface area (Å²) in [6.07, 6.45) is 6.93. The van der Waals surface area contributed by atoms with E-state index in [4.69, 9.17) is 0 Å². The molecule has 0 aromatic carbocycles. The molecule has 1 aromatic rings. The molecule has 1 aliphatic heterocycles. The van der Waals surface area contributed by atoms with E-state index in [0.717, 1.165) is 11.1 Å². The van der Waals surface area contributed by atoms with E-state index in [2.05, 4.69) is 9.97 Å². The Hall–Kier alpha value is -1.95. The van der Waals surface area contributed by atoms with Gasteiger partial charge in [0.1, 0.15) is 10.4 Å². The van der Waals surface area contributed by atoms with Crippen molar-refractivity contribution in [1.29, 1.82) is 0 Å². The molecular formula is C18H22N2O3S. The van der Waals surface area contributed by atoms with Crippen molar-refractivity contribution in [2.75, 3.05) is 0 Å². The van der Waals surface area contributed by atoms with Crippen LogP contribution in [0.15, 0.2) is 40.6 Å². The summed E-state index contributed by atoms with van der Waals surface area (Å²) in [7, 11) is -3.79. The van der Waals surface area contributed by atoms with E-state index in [1.54, 1.807) is 13.8 Å². The molecule has 5 nitrogen and oxygen atoms in total. The minimum Gasteiger partial charge on any atom is -0.505 e. The molecule has 0 radical (unpaired) electrons. The number of nitrogens with zero attached hydrogens (tertiary/aromatic N) is 2. The lowest BCUT2D eigenvalue weighted by Crippen LogP contribution is -2.40. The third-order valence-electron chi connectivity index (χ3n) is 4.97. The Bertz CT molecular complexity index is 908. The summed E-state index contributed by atoms with van der Waals surface area (Å²) in [5.74, 6) is -0.695. The summed E-state index contributed by atoms with van der Waals surface area (Å²) in [4.78, 5) is 8.45. The van der Waals surface area contributed by atoms with Gasteiger partial charge in [0.05, 0.1) is 10.6 Å². The van der Waals surface area contributed by atoms with Crippen LogP contribution in [-0.4, -0.2) is 23.5 Å². The normalized spacial score (nSPS) is 28.0. The maximum Gasteiger partial charge on any atom is 0.189 e. The Balaban J connectivity index is 2.33. The van der Waals surface area contributed by atoms with Crippen LogP contribution in [-0.2, 0) is 14.6 Å². The lowest BCUT2D eigenvalue weighted by Gasteiger charge is -2.37. The summed E-state index contributed by atoms with van der Waals surface area (Å²) < 4.78 is 25.5. The van der Waals surface area contributed by atoms with Crippen molar-refractivity contribution < 1.29 is 13.5 Å². The maximum absolute atomic E-state index is 13.3. The lowest BCUT2D eigenvalue weighted by atomic mass is 9.80. The highest BCUT2D eigenvalue weighted by Gasteiger charge is 2.51. The Labute approximate surface area is 142 Å². The average molecular weight is 346 g/mol. The number of allylic oxidation sites excluding steroid dienone is 5. The molecule has 2 aliphatic rings. The molecule has 0 saturated heterocycles. The van der Waals surface area contributed by atoms with Crippen molar-refractivity contribution in [1.82, 2.24) is 9.97 Å². The van der Waals surface area contributed by atoms with E-state index in [9.17, 15) is 13.5 Å². The summed E-state index contributed by atoms with van der Waals surface area (Å²) in [6, 6.07) is 0. The molecule has 0 spiro atoms. The highest BCUT2D eigenvalue weighted by atomic mass is 32.2. The second kappa shape index (κ2) is 5.28. The van der Waals surface area contributed by atoms with E-state index in [0.29, 0.717) is 5.69 Å². The van der Waals surface area contributed by atoms with Gasteiger partial charge in [-0.1, -0.05) is 30.2 Å². The van der Waals surface area contributed by atoms with Gasteiger partial charge in [0.2, 0.25) is 0 Å². The first-order chi connectivity index (χ1) is 11.1. The number of hydrogen-bond acceptors (Lipinski definition) is 5. The molecule has 0 fully saturated rings. The van der Waals surface area contributed by atoms with Crippen LogP contribution in [0.5, 0.6) is 0 Å². The van der Waals surface area contributed by atoms with Crippen LogP contribution in [0.1, 0.15) is 46.0 Å². The number of aromatic nitrogens is 2. The molecule has 1 aliphatic carbocycles. The molecule has 2 atom stereocenters. The molecule has 1 N–H and O–H groups in total. The predicted molar refractivity (Wildman–Crippen MR) is 93.7 cm³/mol. The van der Waals surface area contributed by atoms with Crippen LogP contribution in [0.2, 0.25) is 0 Å². The Morgan fingerprint density at radius 3 is 2.42 bits per heavy atom. The summed E-state index contributed by atoms with van der Waals surface area (Å²) in [5.41, 5.74) is 2.58. The number of fused-ring (bicyclic) bond motifs is 1. The van der Waals surface area contributed by atoms with Crippen LogP contribution in [0.3, 0.4) is 0 Å². The van der Waals surface area contributed by atoms with Gasteiger partial charge in [0.25, 0.3) is 0 Å². The zero-order chi connectivity index (χ0) is 17.9. The predicted octanol–water partition coefficient (Wildman–Crippen LogP) is 3.53. The standard InChI is InChI=1S/C18H22N2O3S/c1-10-8-11(2)13(12(3)9-10)16-15(21)14-17(20-7-6-19-14)18(4,5)24(16,22)23/h6-9,11,13,21H,1-5H3. The maximum atomic E-state index is 13.3. The van der Waals surface area contributed by atoms with Crippen molar-refractivity contribution in [2.24, 2.45) is 11.8 Å². The van der Waals surface area contributed by atoms with E-state index < -0.39 is 20.5 Å². The molecular weight excluding hydrogens is 324 g/mol. The summed E-state index contributed by atoms with van der Waals surface area (Å²) >= 11 is 0. The van der Waals surface area contributed by atoms with Crippen LogP contribution < -0.4 is 0 Å². The fraction of sp³-hybridized carbons (Fsp3) is 0.444. The quantitative estimate of drug-likeness (QED) is 0.841. The molecule has 2 unspecified atom stereocenters. The third-order valence-corrected chi connectivity index (χ3v) is 7.53. The van der Waals surface area contributed by atoms with Crippen molar-refractivity contribution in [2.45, 2.75) is 39.4 Å². The molecule has 3 rings (SSSR count). The lowest BCUT2D eigenvalue weighted by molar-refractivity contribution is 0.464. The van der Waals surface area contributed by atoms with Crippen molar-refractivity contribution >= 4 is 15.6 Å². The van der Waals surface area contributed by atoms with E-state index in [-0.39, 0.29) is 22.3 Å². The smallest absolute Gasteiger partial charge is 0.189 e. The summed E-state index contributed by atoms with van der Waals surface area (Å²) in [5, 5.41) is 10.8. The number of aliphatic hydroxyl groups is 1. The monoisotopic (exact) mass is 346 g/mol. The zero-order valence-electron chi connectivity index (χ0n) is 14.5. The molecule has 0 saturated carbocycles. The molecule has 128 valence electrons. The topological polar surface area (TPSA) is 80.2 Å². The van der Waals surface area contributed by atoms with Gasteiger partial charge in [-0.2, -0.15) is 0 Å². The fourth-order valence-electron chi connectivity index (χ4n) is 3.78. The van der Waals surface area contributed by atoms with E-state index in [1.165, 1.54) is 12.4 Å². The molecule has 2 heterocycles. The van der Waals surface area contributed by atoms with Gasteiger partial charge in [-0.05, 0) is 33.6 Å². The fourth-order valence-corrected chi connectivity index (χ4v) is 5.82. The SMILES string of the molecule is CC1=CC(C)C(C2=C(O)c3nccnc3C(C)(C)S2(=O)=O)C(C)=C1. The minimum absolute atomic E-state index is 0.0315. The molecule has 0 amide bonds. The third kappa shape index (κ3) is 2.16. The number of hydrogen-bond donors (Lipinski definition) is 1. The second-order valence-electron chi connectivity index (χ2n) is 7.12. The van der Waals surface area contributed by atoms with Gasteiger partial charge >= 0.3 is 0 Å². The van der Waals surface area contributed by atoms with Gasteiger partial charge in [-0.25, -0.2) is 13.4 Å². The largest absolute Gasteiger partial charge is 0.505 e. The highest BCUT2D eigenvalue weighted by molar-refractivity contribution is 7.96. The first-order valence-electron chi connectivity index (χ1n) is 7.95. The van der Waals surface area contributed by atoms with Gasteiger partial charge in [0, 0.05) is 18.3 Å².